The van der Waals surface area contributed by atoms with Crippen molar-refractivity contribution in [3.63, 3.8) is 0 Å². The van der Waals surface area contributed by atoms with E-state index in [4.69, 9.17) is 11.6 Å². The van der Waals surface area contributed by atoms with Crippen molar-refractivity contribution >= 4 is 22.9 Å². The van der Waals surface area contributed by atoms with E-state index in [0.717, 1.165) is 18.0 Å². The summed E-state index contributed by atoms with van der Waals surface area (Å²) in [5.41, 5.74) is 1.30. The lowest BCUT2D eigenvalue weighted by molar-refractivity contribution is 0.624. The third kappa shape index (κ3) is 3.53. The smallest absolute Gasteiger partial charge is 0.0931 e. The number of nitrogens with zero attached hydrogens (tertiary/aromatic N) is 1. The summed E-state index contributed by atoms with van der Waals surface area (Å²) in [6.45, 7) is 0.946. The van der Waals surface area contributed by atoms with E-state index in [9.17, 15) is 0 Å². The van der Waals surface area contributed by atoms with Crippen molar-refractivity contribution in [2.45, 2.75) is 12.3 Å². The number of benzene rings is 1. The lowest BCUT2D eigenvalue weighted by atomic mass is 9.96. The molecule has 90 valence electrons. The molecule has 0 spiro atoms. The van der Waals surface area contributed by atoms with Crippen molar-refractivity contribution in [3.8, 4) is 0 Å². The Morgan fingerprint density at radius 1 is 1.35 bits per heavy atom. The molecule has 1 atom stereocenters. The van der Waals surface area contributed by atoms with E-state index in [-0.39, 0.29) is 0 Å². The van der Waals surface area contributed by atoms with E-state index in [1.807, 2.05) is 30.8 Å². The standard InChI is InChI=1S/C13H15ClN2S/c1-15-9-11(8-13-16-6-7-17-13)10-2-4-12(14)5-3-10/h2-7,11,15H,8-9H2,1H3. The zero-order valence-electron chi connectivity index (χ0n) is 9.69. The van der Waals surface area contributed by atoms with Gasteiger partial charge in [-0.25, -0.2) is 4.98 Å². The van der Waals surface area contributed by atoms with E-state index in [0.29, 0.717) is 5.92 Å². The number of thiazole rings is 1. The molecule has 1 N–H and O–H groups in total. The van der Waals surface area contributed by atoms with Gasteiger partial charge in [0.05, 0.1) is 5.01 Å². The number of aromatic nitrogens is 1. The van der Waals surface area contributed by atoms with Gasteiger partial charge in [0.25, 0.3) is 0 Å². The highest BCUT2D eigenvalue weighted by molar-refractivity contribution is 7.09. The van der Waals surface area contributed by atoms with E-state index < -0.39 is 0 Å². The molecule has 0 aliphatic carbocycles. The normalized spacial score (nSPS) is 12.6. The van der Waals surface area contributed by atoms with Crippen LogP contribution in [-0.4, -0.2) is 18.6 Å². The molecule has 2 nitrogen and oxygen atoms in total. The van der Waals surface area contributed by atoms with Crippen molar-refractivity contribution in [3.05, 3.63) is 51.4 Å². The Labute approximate surface area is 111 Å². The third-order valence-corrected chi connectivity index (χ3v) is 3.75. The van der Waals surface area contributed by atoms with Crippen LogP contribution in [0.1, 0.15) is 16.5 Å². The molecule has 1 aromatic heterocycles. The van der Waals surface area contributed by atoms with Crippen molar-refractivity contribution in [1.29, 1.82) is 0 Å². The highest BCUT2D eigenvalue weighted by Gasteiger charge is 2.12. The van der Waals surface area contributed by atoms with Crippen molar-refractivity contribution in [2.24, 2.45) is 0 Å². The predicted molar refractivity (Wildman–Crippen MR) is 73.9 cm³/mol. The zero-order valence-corrected chi connectivity index (χ0v) is 11.3. The number of rotatable bonds is 5. The van der Waals surface area contributed by atoms with Gasteiger partial charge in [-0.15, -0.1) is 11.3 Å². The van der Waals surface area contributed by atoms with Crippen LogP contribution in [0.25, 0.3) is 0 Å². The molecule has 0 fully saturated rings. The number of hydrogen-bond acceptors (Lipinski definition) is 3. The maximum absolute atomic E-state index is 5.91. The van der Waals surface area contributed by atoms with Gasteiger partial charge in [0, 0.05) is 35.5 Å². The Kier molecular flexibility index (Phi) is 4.54. The largest absolute Gasteiger partial charge is 0.319 e. The molecule has 1 unspecified atom stereocenters. The maximum atomic E-state index is 5.91. The van der Waals surface area contributed by atoms with Crippen LogP contribution in [0, 0.1) is 0 Å². The minimum absolute atomic E-state index is 0.448. The second kappa shape index (κ2) is 6.15. The Morgan fingerprint density at radius 2 is 2.12 bits per heavy atom. The molecular formula is C13H15ClN2S. The summed E-state index contributed by atoms with van der Waals surface area (Å²) in [5, 5.41) is 7.22. The van der Waals surface area contributed by atoms with Gasteiger partial charge in [0.1, 0.15) is 0 Å². The van der Waals surface area contributed by atoms with Crippen LogP contribution in [0.5, 0.6) is 0 Å². The van der Waals surface area contributed by atoms with E-state index >= 15 is 0 Å². The molecule has 0 aliphatic heterocycles. The number of likely N-dealkylation sites (N-methyl/N-ethyl adjacent to an activating group) is 1. The average Bonchev–Trinajstić information content (AvgIpc) is 2.82. The van der Waals surface area contributed by atoms with Gasteiger partial charge in [-0.05, 0) is 24.7 Å². The van der Waals surface area contributed by atoms with Crippen LogP contribution in [0.4, 0.5) is 0 Å². The first-order valence-corrected chi connectivity index (χ1v) is 6.84. The Morgan fingerprint density at radius 3 is 2.71 bits per heavy atom. The van der Waals surface area contributed by atoms with Gasteiger partial charge < -0.3 is 5.32 Å². The molecule has 4 heteroatoms. The van der Waals surface area contributed by atoms with Crippen LogP contribution in [-0.2, 0) is 6.42 Å². The zero-order chi connectivity index (χ0) is 12.1. The monoisotopic (exact) mass is 266 g/mol. The molecule has 2 rings (SSSR count). The van der Waals surface area contributed by atoms with Crippen LogP contribution in [0.15, 0.2) is 35.8 Å². The molecule has 0 aliphatic rings. The number of nitrogens with one attached hydrogen (secondary N) is 1. The fourth-order valence-corrected chi connectivity index (χ4v) is 2.68. The van der Waals surface area contributed by atoms with Crippen LogP contribution >= 0.6 is 22.9 Å². The second-order valence-corrected chi connectivity index (χ2v) is 5.35. The molecule has 0 radical (unpaired) electrons. The highest BCUT2D eigenvalue weighted by Crippen LogP contribution is 2.23. The van der Waals surface area contributed by atoms with E-state index in [1.165, 1.54) is 10.6 Å². The average molecular weight is 267 g/mol. The Hall–Kier alpha value is -0.900. The maximum Gasteiger partial charge on any atom is 0.0931 e. The highest BCUT2D eigenvalue weighted by atomic mass is 35.5. The summed E-state index contributed by atoms with van der Waals surface area (Å²) in [7, 11) is 1.98. The summed E-state index contributed by atoms with van der Waals surface area (Å²) in [5.74, 6) is 0.448. The van der Waals surface area contributed by atoms with Crippen molar-refractivity contribution < 1.29 is 0 Å². The molecule has 17 heavy (non-hydrogen) atoms. The molecule has 0 saturated carbocycles. The molecule has 2 aromatic rings. The van der Waals surface area contributed by atoms with Crippen molar-refractivity contribution in [1.82, 2.24) is 10.3 Å². The first kappa shape index (κ1) is 12.6. The summed E-state index contributed by atoms with van der Waals surface area (Å²) in [4.78, 5) is 4.35. The predicted octanol–water partition coefficient (Wildman–Crippen LogP) is 3.34. The minimum atomic E-state index is 0.448. The molecule has 0 bridgehead atoms. The summed E-state index contributed by atoms with van der Waals surface area (Å²) in [6, 6.07) is 8.08. The SMILES string of the molecule is CNCC(Cc1nccs1)c1ccc(Cl)cc1. The topological polar surface area (TPSA) is 24.9 Å². The lowest BCUT2D eigenvalue weighted by Gasteiger charge is -2.15. The van der Waals surface area contributed by atoms with Gasteiger partial charge in [0.2, 0.25) is 0 Å². The number of halogens is 1. The summed E-state index contributed by atoms with van der Waals surface area (Å²) in [6.07, 6.45) is 2.83. The van der Waals surface area contributed by atoms with Gasteiger partial charge >= 0.3 is 0 Å². The Bertz CT molecular complexity index is 439. The quantitative estimate of drug-likeness (QED) is 0.898. The molecule has 1 heterocycles. The minimum Gasteiger partial charge on any atom is -0.319 e. The molecule has 0 saturated heterocycles. The van der Waals surface area contributed by atoms with Crippen molar-refractivity contribution in [2.75, 3.05) is 13.6 Å². The Balaban J connectivity index is 2.13. The van der Waals surface area contributed by atoms with Gasteiger partial charge in [-0.2, -0.15) is 0 Å². The summed E-state index contributed by atoms with van der Waals surface area (Å²) < 4.78 is 0. The summed E-state index contributed by atoms with van der Waals surface area (Å²) >= 11 is 7.62. The second-order valence-electron chi connectivity index (χ2n) is 3.94. The fraction of sp³-hybridized carbons (Fsp3) is 0.308. The van der Waals surface area contributed by atoms with E-state index in [1.54, 1.807) is 11.3 Å². The van der Waals surface area contributed by atoms with Crippen LogP contribution < -0.4 is 5.32 Å². The third-order valence-electron chi connectivity index (χ3n) is 2.70. The first-order valence-electron chi connectivity index (χ1n) is 5.58. The fourth-order valence-electron chi connectivity index (χ4n) is 1.85. The van der Waals surface area contributed by atoms with Gasteiger partial charge in [-0.1, -0.05) is 23.7 Å². The number of hydrogen-bond donors (Lipinski definition) is 1. The van der Waals surface area contributed by atoms with Crippen LogP contribution in [0.2, 0.25) is 5.02 Å². The molecule has 0 amide bonds. The molecular weight excluding hydrogens is 252 g/mol. The first-order chi connectivity index (χ1) is 8.29. The van der Waals surface area contributed by atoms with E-state index in [2.05, 4.69) is 22.4 Å². The molecule has 1 aromatic carbocycles. The van der Waals surface area contributed by atoms with Crippen LogP contribution in [0.3, 0.4) is 0 Å². The lowest BCUT2D eigenvalue weighted by Crippen LogP contribution is -2.19. The van der Waals surface area contributed by atoms with Gasteiger partial charge in [0.15, 0.2) is 0 Å². The van der Waals surface area contributed by atoms with Gasteiger partial charge in [-0.3, -0.25) is 0 Å².